The minimum atomic E-state index is -3.64. The maximum absolute atomic E-state index is 12.5. The first kappa shape index (κ1) is 19.1. The number of carbonyl (C=O) groups excluding carboxylic acids is 1. The van der Waals surface area contributed by atoms with Gasteiger partial charge >= 0.3 is 5.97 Å². The maximum atomic E-state index is 12.5. The van der Waals surface area contributed by atoms with E-state index >= 15 is 0 Å². The molecule has 2 aromatic rings. The molecule has 2 rings (SSSR count). The quantitative estimate of drug-likeness (QED) is 0.740. The third-order valence-electron chi connectivity index (χ3n) is 3.96. The van der Waals surface area contributed by atoms with Gasteiger partial charge in [-0.1, -0.05) is 35.9 Å². The first-order chi connectivity index (χ1) is 11.7. The van der Waals surface area contributed by atoms with E-state index in [-0.39, 0.29) is 23.1 Å². The van der Waals surface area contributed by atoms with Gasteiger partial charge in [0.15, 0.2) is 0 Å². The van der Waals surface area contributed by atoms with E-state index in [0.717, 1.165) is 11.1 Å². The van der Waals surface area contributed by atoms with E-state index < -0.39 is 16.0 Å². The number of carbonyl (C=O) groups is 1. The van der Waals surface area contributed by atoms with Crippen LogP contribution in [-0.2, 0) is 21.4 Å². The van der Waals surface area contributed by atoms with Crippen LogP contribution >= 0.6 is 0 Å². The highest BCUT2D eigenvalue weighted by Gasteiger charge is 2.24. The predicted octanol–water partition coefficient (Wildman–Crippen LogP) is 3.38. The van der Waals surface area contributed by atoms with Gasteiger partial charge in [-0.3, -0.25) is 0 Å². The van der Waals surface area contributed by atoms with Crippen LogP contribution in [0.2, 0.25) is 0 Å². The Balaban J connectivity index is 2.15. The lowest BCUT2D eigenvalue weighted by atomic mass is 10.2. The lowest BCUT2D eigenvalue weighted by Gasteiger charge is -2.21. The molecule has 0 aliphatic carbocycles. The summed E-state index contributed by atoms with van der Waals surface area (Å²) in [5.41, 5.74) is 2.22. The molecule has 0 bridgehead atoms. The van der Waals surface area contributed by atoms with Gasteiger partial charge in [-0.25, -0.2) is 13.2 Å². The Hall–Kier alpha value is -2.18. The molecule has 6 heteroatoms. The number of benzene rings is 2. The summed E-state index contributed by atoms with van der Waals surface area (Å²) < 4.78 is 31.6. The van der Waals surface area contributed by atoms with E-state index in [4.69, 9.17) is 4.74 Å². The zero-order valence-corrected chi connectivity index (χ0v) is 15.7. The molecular weight excluding hydrogens is 338 g/mol. The van der Waals surface area contributed by atoms with Crippen molar-refractivity contribution in [1.82, 2.24) is 4.31 Å². The summed E-state index contributed by atoms with van der Waals surface area (Å²) in [7, 11) is -2.12. The van der Waals surface area contributed by atoms with Crippen molar-refractivity contribution in [1.29, 1.82) is 0 Å². The van der Waals surface area contributed by atoms with Crippen LogP contribution in [0.1, 0.15) is 35.3 Å². The Morgan fingerprint density at radius 2 is 1.76 bits per heavy atom. The number of ether oxygens (including phenoxy) is 1. The fraction of sp³-hybridized carbons (Fsp3) is 0.316. The Kier molecular flexibility index (Phi) is 5.98. The average Bonchev–Trinajstić information content (AvgIpc) is 2.60. The molecule has 0 N–H and O–H groups in total. The smallest absolute Gasteiger partial charge is 0.338 e. The number of rotatable bonds is 6. The summed E-state index contributed by atoms with van der Waals surface area (Å²) >= 11 is 0. The molecule has 0 spiro atoms. The van der Waals surface area contributed by atoms with Crippen molar-refractivity contribution in [2.45, 2.75) is 38.3 Å². The van der Waals surface area contributed by atoms with Crippen molar-refractivity contribution >= 4 is 16.0 Å². The van der Waals surface area contributed by atoms with Gasteiger partial charge in [0, 0.05) is 13.1 Å². The molecule has 0 saturated heterocycles. The second-order valence-electron chi connectivity index (χ2n) is 6.20. The average molecular weight is 361 g/mol. The van der Waals surface area contributed by atoms with Crippen molar-refractivity contribution in [2.24, 2.45) is 0 Å². The van der Waals surface area contributed by atoms with Gasteiger partial charge in [-0.2, -0.15) is 4.31 Å². The molecule has 5 nitrogen and oxygen atoms in total. The highest BCUT2D eigenvalue weighted by Crippen LogP contribution is 2.18. The number of sulfonamides is 1. The molecule has 2 aromatic carbocycles. The number of nitrogens with zero attached hydrogens (tertiary/aromatic N) is 1. The molecule has 0 heterocycles. The maximum Gasteiger partial charge on any atom is 0.338 e. The van der Waals surface area contributed by atoms with Crippen LogP contribution in [0.25, 0.3) is 0 Å². The SMILES string of the molecule is Cc1ccc(COC(=O)c2cccc(S(=O)(=O)N(C)C(C)C)c2)cc1. The third kappa shape index (κ3) is 4.67. The van der Waals surface area contributed by atoms with Crippen molar-refractivity contribution in [3.8, 4) is 0 Å². The van der Waals surface area contributed by atoms with E-state index in [2.05, 4.69) is 0 Å². The topological polar surface area (TPSA) is 63.7 Å². The molecule has 0 atom stereocenters. The normalized spacial score (nSPS) is 11.8. The summed E-state index contributed by atoms with van der Waals surface area (Å²) in [5.74, 6) is -0.551. The van der Waals surface area contributed by atoms with Crippen LogP contribution in [-0.4, -0.2) is 31.8 Å². The summed E-state index contributed by atoms with van der Waals surface area (Å²) in [6.45, 7) is 5.70. The molecule has 0 amide bonds. The standard InChI is InChI=1S/C19H23NO4S/c1-14(2)20(4)25(22,23)18-7-5-6-17(12-18)19(21)24-13-16-10-8-15(3)9-11-16/h5-12,14H,13H2,1-4H3. The molecular formula is C19H23NO4S. The summed E-state index contributed by atoms with van der Waals surface area (Å²) in [5, 5.41) is 0. The minimum absolute atomic E-state index is 0.0773. The Bertz CT molecular complexity index is 842. The van der Waals surface area contributed by atoms with Crippen LogP contribution in [0.4, 0.5) is 0 Å². The minimum Gasteiger partial charge on any atom is -0.457 e. The number of hydrogen-bond donors (Lipinski definition) is 0. The van der Waals surface area contributed by atoms with E-state index in [0.29, 0.717) is 0 Å². The van der Waals surface area contributed by atoms with Crippen LogP contribution < -0.4 is 0 Å². The van der Waals surface area contributed by atoms with Crippen LogP contribution in [0.15, 0.2) is 53.4 Å². The largest absolute Gasteiger partial charge is 0.457 e. The second-order valence-corrected chi connectivity index (χ2v) is 8.20. The fourth-order valence-corrected chi connectivity index (χ4v) is 3.56. The molecule has 134 valence electrons. The summed E-state index contributed by atoms with van der Waals surface area (Å²) in [4.78, 5) is 12.3. The van der Waals surface area contributed by atoms with Gasteiger partial charge in [-0.15, -0.1) is 0 Å². The Labute approximate surface area is 149 Å². The fourth-order valence-electron chi connectivity index (χ4n) is 2.14. The molecule has 25 heavy (non-hydrogen) atoms. The van der Waals surface area contributed by atoms with E-state index in [1.54, 1.807) is 26.0 Å². The Morgan fingerprint density at radius 1 is 1.12 bits per heavy atom. The zero-order chi connectivity index (χ0) is 18.6. The molecule has 0 radical (unpaired) electrons. The van der Waals surface area contributed by atoms with Crippen molar-refractivity contribution in [3.05, 3.63) is 65.2 Å². The summed E-state index contributed by atoms with van der Waals surface area (Å²) in [6, 6.07) is 13.4. The van der Waals surface area contributed by atoms with Crippen LogP contribution in [0.5, 0.6) is 0 Å². The first-order valence-corrected chi connectivity index (χ1v) is 9.46. The first-order valence-electron chi connectivity index (χ1n) is 8.02. The van der Waals surface area contributed by atoms with E-state index in [1.165, 1.54) is 23.5 Å². The molecule has 0 fully saturated rings. The van der Waals surface area contributed by atoms with Crippen molar-refractivity contribution < 1.29 is 17.9 Å². The number of hydrogen-bond acceptors (Lipinski definition) is 4. The molecule has 0 unspecified atom stereocenters. The van der Waals surface area contributed by atoms with Gasteiger partial charge in [0.2, 0.25) is 10.0 Å². The van der Waals surface area contributed by atoms with Crippen LogP contribution in [0.3, 0.4) is 0 Å². The van der Waals surface area contributed by atoms with Crippen LogP contribution in [0, 0.1) is 6.92 Å². The van der Waals surface area contributed by atoms with Crippen molar-refractivity contribution in [2.75, 3.05) is 7.05 Å². The van der Waals surface area contributed by atoms with Gasteiger partial charge in [-0.05, 0) is 44.5 Å². The molecule has 0 aliphatic rings. The highest BCUT2D eigenvalue weighted by molar-refractivity contribution is 7.89. The molecule has 0 aromatic heterocycles. The summed E-state index contributed by atoms with van der Waals surface area (Å²) in [6.07, 6.45) is 0. The van der Waals surface area contributed by atoms with E-state index in [9.17, 15) is 13.2 Å². The van der Waals surface area contributed by atoms with Gasteiger partial charge in [0.05, 0.1) is 10.5 Å². The molecule has 0 saturated carbocycles. The van der Waals surface area contributed by atoms with Crippen molar-refractivity contribution in [3.63, 3.8) is 0 Å². The number of aryl methyl sites for hydroxylation is 1. The highest BCUT2D eigenvalue weighted by atomic mass is 32.2. The Morgan fingerprint density at radius 3 is 2.36 bits per heavy atom. The van der Waals surface area contributed by atoms with Gasteiger partial charge in [0.25, 0.3) is 0 Å². The lowest BCUT2D eigenvalue weighted by Crippen LogP contribution is -2.33. The van der Waals surface area contributed by atoms with Gasteiger partial charge < -0.3 is 4.74 Å². The third-order valence-corrected chi connectivity index (χ3v) is 5.99. The lowest BCUT2D eigenvalue weighted by molar-refractivity contribution is 0.0472. The van der Waals surface area contributed by atoms with Gasteiger partial charge in [0.1, 0.15) is 6.61 Å². The van der Waals surface area contributed by atoms with E-state index in [1.807, 2.05) is 31.2 Å². The second kappa shape index (κ2) is 7.80. The monoisotopic (exact) mass is 361 g/mol. The zero-order valence-electron chi connectivity index (χ0n) is 14.9. The number of esters is 1. The predicted molar refractivity (Wildman–Crippen MR) is 96.8 cm³/mol. The molecule has 0 aliphatic heterocycles.